The quantitative estimate of drug-likeness (QED) is 0.0471. The molecule has 0 aromatic heterocycles. The number of hydrogen-bond donors (Lipinski definition) is 1. The van der Waals surface area contributed by atoms with Gasteiger partial charge in [-0.05, 0) is 221 Å². The minimum Gasteiger partial charge on any atom is -0.480 e. The Balaban J connectivity index is 1.10. The van der Waals surface area contributed by atoms with Crippen molar-refractivity contribution in [2.75, 3.05) is 11.4 Å². The Bertz CT molecular complexity index is 6190. The molecule has 12 heteroatoms. The number of benzene rings is 13. The van der Waals surface area contributed by atoms with Crippen molar-refractivity contribution in [2.24, 2.45) is 21.7 Å². The number of carboxylic acid groups (broad SMARTS) is 1. The van der Waals surface area contributed by atoms with Crippen LogP contribution < -0.4 is 23.8 Å². The molecule has 0 atom stereocenters. The average molecular weight is 1520 g/mol. The van der Waals surface area contributed by atoms with E-state index in [9.17, 15) is 9.90 Å². The van der Waals surface area contributed by atoms with Crippen molar-refractivity contribution in [3.8, 4) is 46.0 Å². The normalized spacial score (nSPS) is 14.4. The predicted octanol–water partition coefficient (Wildman–Crippen LogP) is 27.9. The third-order valence-corrected chi connectivity index (χ3v) is 22.6. The summed E-state index contributed by atoms with van der Waals surface area (Å²) in [5.74, 6) is -0.846. The van der Waals surface area contributed by atoms with Crippen molar-refractivity contribution < 1.29 is 48.0 Å². The van der Waals surface area contributed by atoms with E-state index >= 15 is 19.2 Å². The second-order valence-corrected chi connectivity index (χ2v) is 38.5. The molecule has 582 valence electrons. The van der Waals surface area contributed by atoms with E-state index in [1.165, 1.54) is 4.90 Å². The largest absolute Gasteiger partial charge is 0.480 e. The number of carboxylic acids is 1. The first kappa shape index (κ1) is 77.9. The summed E-state index contributed by atoms with van der Waals surface area (Å²) < 4.78 is 29.6. The molecular weight excluding hydrogens is 1410 g/mol. The molecule has 0 spiro atoms. The molecule has 1 N–H and O–H groups in total. The van der Waals surface area contributed by atoms with E-state index in [1.54, 1.807) is 12.1 Å². The smallest absolute Gasteiger partial charge is 0.323 e. The summed E-state index contributed by atoms with van der Waals surface area (Å²) in [6.07, 6.45) is 6.30. The Morgan fingerprint density at radius 3 is 0.939 bits per heavy atom. The molecule has 0 saturated heterocycles. The van der Waals surface area contributed by atoms with Crippen LogP contribution in [0.2, 0.25) is 0 Å². The number of carbonyl (C=O) groups excluding carboxylic acids is 4. The molecule has 12 nitrogen and oxygen atoms in total. The molecule has 13 aromatic carbocycles. The lowest BCUT2D eigenvalue weighted by Gasteiger charge is -2.34. The van der Waals surface area contributed by atoms with Gasteiger partial charge in [0, 0.05) is 43.1 Å². The zero-order valence-corrected chi connectivity index (χ0v) is 70.0. The maximum Gasteiger partial charge on any atom is 0.323 e. The van der Waals surface area contributed by atoms with Crippen LogP contribution in [-0.4, -0.2) is 46.1 Å². The summed E-state index contributed by atoms with van der Waals surface area (Å²) >= 11 is 0. The van der Waals surface area contributed by atoms with Gasteiger partial charge in [0.2, 0.25) is 0 Å². The van der Waals surface area contributed by atoms with E-state index in [4.69, 9.17) is 18.9 Å². The molecule has 114 heavy (non-hydrogen) atoms. The Hall–Kier alpha value is -11.4. The number of carbonyl (C=O) groups is 5. The first-order valence-electron chi connectivity index (χ1n) is 40.0. The summed E-state index contributed by atoms with van der Waals surface area (Å²) in [7, 11) is 0. The van der Waals surface area contributed by atoms with Crippen LogP contribution in [0.25, 0.3) is 86.6 Å². The Kier molecular flexibility index (Phi) is 19.0. The monoisotopic (exact) mass is 1520 g/mol. The van der Waals surface area contributed by atoms with Crippen molar-refractivity contribution in [3.63, 3.8) is 0 Å². The number of allylic oxidation sites excluding steroid dienone is 4. The number of amides is 4. The maximum absolute atomic E-state index is 16.5. The number of para-hydroxylation sites is 1. The topological polar surface area (TPSA) is 149 Å². The van der Waals surface area contributed by atoms with Gasteiger partial charge in [-0.15, -0.1) is 0 Å². The highest BCUT2D eigenvalue weighted by Gasteiger charge is 2.43. The highest BCUT2D eigenvalue weighted by molar-refractivity contribution is 6.48. The fraction of sp³-hybridized carbons (Fsp3) is 0.324. The van der Waals surface area contributed by atoms with Gasteiger partial charge in [-0.2, -0.15) is 0 Å². The Morgan fingerprint density at radius 1 is 0.377 bits per heavy atom. The molecule has 0 unspecified atom stereocenters. The van der Waals surface area contributed by atoms with Crippen molar-refractivity contribution in [1.29, 1.82) is 0 Å². The summed E-state index contributed by atoms with van der Waals surface area (Å²) in [5, 5.41) is 19.0. The Morgan fingerprint density at radius 2 is 0.667 bits per heavy atom. The van der Waals surface area contributed by atoms with Crippen LogP contribution >= 0.6 is 0 Å². The van der Waals surface area contributed by atoms with Gasteiger partial charge in [0.1, 0.15) is 52.5 Å². The Labute approximate surface area is 669 Å². The van der Waals surface area contributed by atoms with Crippen LogP contribution in [0.4, 0.5) is 5.69 Å². The number of hydrogen-bond acceptors (Lipinski definition) is 9. The summed E-state index contributed by atoms with van der Waals surface area (Å²) in [4.78, 5) is 78.8. The minimum atomic E-state index is -1.36. The van der Waals surface area contributed by atoms with Crippen molar-refractivity contribution in [1.82, 2.24) is 4.90 Å². The number of rotatable bonds is 19. The van der Waals surface area contributed by atoms with Gasteiger partial charge in [-0.3, -0.25) is 28.9 Å². The molecule has 2 aliphatic rings. The lowest BCUT2D eigenvalue weighted by Crippen LogP contribution is -2.43. The van der Waals surface area contributed by atoms with Gasteiger partial charge in [0.25, 0.3) is 23.6 Å². The number of imide groups is 2. The molecule has 2 aliphatic heterocycles. The summed E-state index contributed by atoms with van der Waals surface area (Å²) in [6, 6.07) is 53.4. The fourth-order valence-corrected chi connectivity index (χ4v) is 18.9. The number of ether oxygens (including phenoxy) is 4. The van der Waals surface area contributed by atoms with Crippen LogP contribution in [0.1, 0.15) is 252 Å². The second kappa shape index (κ2) is 27.7. The van der Waals surface area contributed by atoms with Crippen LogP contribution in [0.5, 0.6) is 46.0 Å². The molecule has 0 radical (unpaired) electrons. The molecule has 0 aliphatic carbocycles. The highest BCUT2D eigenvalue weighted by Crippen LogP contribution is 2.59. The fourth-order valence-electron chi connectivity index (χ4n) is 18.9. The number of fused-ring (bicyclic) bond motifs is 4. The van der Waals surface area contributed by atoms with Crippen molar-refractivity contribution >= 4 is 122 Å². The van der Waals surface area contributed by atoms with Crippen molar-refractivity contribution in [3.05, 3.63) is 232 Å². The maximum atomic E-state index is 16.5. The number of nitrogens with zero attached hydrogens (tertiary/aromatic N) is 2. The first-order valence-corrected chi connectivity index (χ1v) is 40.0. The second-order valence-electron chi connectivity index (χ2n) is 38.5. The molecule has 13 aromatic rings. The molecule has 0 fully saturated rings. The molecule has 0 saturated carbocycles. The van der Waals surface area contributed by atoms with Gasteiger partial charge in [0.15, 0.2) is 0 Å². The SMILES string of the molecule is C/C(=C\C(C)(C)C)c1ccc(Oc2cc3c4c(cc(Oc5ccc(C(C)(C)CC(C)(C)C)cc5)c5c6ccc7c8c(Oc9ccc(/C(C)=C/C(C)(C)C)cc9)cc9c%10c(cc(Oc%11ccc(C(C)(C)CC(C)(C)C)cc%11)c(c%11ccc(c2c45)c6c7%11)c%108)C(=O)N(c2c(C(C)C)cccc2C(C)C)C9=O)C(=O)N(CC(=O)O)C3=O)cc1. The van der Waals surface area contributed by atoms with Crippen LogP contribution in [0.3, 0.4) is 0 Å². The van der Waals surface area contributed by atoms with E-state index < -0.39 is 36.1 Å². The average Bonchev–Trinajstić information content (AvgIpc) is 0.669. The van der Waals surface area contributed by atoms with E-state index in [0.717, 1.165) is 83.8 Å². The zero-order valence-electron chi connectivity index (χ0n) is 70.0. The lowest BCUT2D eigenvalue weighted by molar-refractivity contribution is -0.137. The van der Waals surface area contributed by atoms with E-state index in [0.29, 0.717) is 94.0 Å². The molecule has 4 amide bonds. The molecule has 0 bridgehead atoms. The third kappa shape index (κ3) is 14.1. The molecule has 15 rings (SSSR count). The van der Waals surface area contributed by atoms with Gasteiger partial charge in [0.05, 0.1) is 27.9 Å². The lowest BCUT2D eigenvalue weighted by atomic mass is 9.72. The summed E-state index contributed by atoms with van der Waals surface area (Å²) in [5.41, 5.74) is 8.93. The number of anilines is 1. The molecule has 2 heterocycles. The van der Waals surface area contributed by atoms with E-state index in [1.807, 2.05) is 91.0 Å². The first-order chi connectivity index (χ1) is 53.4. The molecular formula is C102H104N2O10. The highest BCUT2D eigenvalue weighted by atomic mass is 16.5. The van der Waals surface area contributed by atoms with Crippen molar-refractivity contribution in [2.45, 2.75) is 188 Å². The van der Waals surface area contributed by atoms with Crippen LogP contribution in [-0.2, 0) is 15.6 Å². The third-order valence-electron chi connectivity index (χ3n) is 22.6. The predicted molar refractivity (Wildman–Crippen MR) is 467 cm³/mol. The van der Waals surface area contributed by atoms with Gasteiger partial charge in [-0.25, -0.2) is 4.90 Å². The van der Waals surface area contributed by atoms with E-state index in [-0.39, 0.29) is 78.1 Å². The van der Waals surface area contributed by atoms with E-state index in [2.05, 4.69) is 225 Å². The van der Waals surface area contributed by atoms with Crippen LogP contribution in [0.15, 0.2) is 176 Å². The van der Waals surface area contributed by atoms with Gasteiger partial charge < -0.3 is 24.1 Å². The zero-order chi connectivity index (χ0) is 81.9. The minimum absolute atomic E-state index is 0.0278. The van der Waals surface area contributed by atoms with Gasteiger partial charge >= 0.3 is 5.97 Å². The summed E-state index contributed by atoms with van der Waals surface area (Å²) in [6.45, 7) is 47.2. The van der Waals surface area contributed by atoms with Gasteiger partial charge in [-0.1, -0.05) is 242 Å². The number of aliphatic carboxylic acids is 1. The standard InChI is InChI=1S/C102H104N2O10/c1-55(2)67-24-23-25-68(56(3)4)92(67)104-95(109)75-48-79(112-64-36-28-60(29-37-64)58(6)51-98(10,11)12)88-71-44-43-70-82-69(42-45-72(83(71)82)89-80(49-76(96(104)110)85(75)91(88)89)114-66-40-32-62(33-41-66)102(21,22)54-100(16,17)18)86-77(111-63-34-26-59(27-35-63)57(5)50-97(7,8)9)46-73-84-74(94(108)103(93(73)107)52-81(105)106)47-78(87(70)90(84)86)113-65-38-30-61(31-39-65)101(19,20)53-99(13,14)15/h23-51,55-56H,52-54H2,1-22H3,(H,105,106)/b57-50+,58-51+. The van der Waals surface area contributed by atoms with Crippen LogP contribution in [0, 0.1) is 21.7 Å².